The lowest BCUT2D eigenvalue weighted by Crippen LogP contribution is -1.91. The molecule has 0 fully saturated rings. The van der Waals surface area contributed by atoms with Crippen molar-refractivity contribution in [2.24, 2.45) is 0 Å². The van der Waals surface area contributed by atoms with Crippen LogP contribution in [0.1, 0.15) is 12.1 Å². The van der Waals surface area contributed by atoms with Gasteiger partial charge in [0.2, 0.25) is 0 Å². The second-order valence-corrected chi connectivity index (χ2v) is 3.75. The zero-order valence-corrected chi connectivity index (χ0v) is 9.27. The number of pyridine rings is 1. The minimum absolute atomic E-state index is 0.246. The Morgan fingerprint density at radius 1 is 1.06 bits per heavy atom. The molecule has 0 aliphatic carbocycles. The highest BCUT2D eigenvalue weighted by Gasteiger charge is 1.99. The number of hydrogen-bond donors (Lipinski definition) is 0. The Balaban J connectivity index is 2.17. The molecule has 1 aromatic carbocycles. The lowest BCUT2D eigenvalue weighted by atomic mass is 10.1. The second-order valence-electron chi connectivity index (χ2n) is 3.75. The Bertz CT molecular complexity index is 491. The zero-order chi connectivity index (χ0) is 12.1. The van der Waals surface area contributed by atoms with E-state index in [0.717, 1.165) is 23.1 Å². The van der Waals surface area contributed by atoms with Gasteiger partial charge >= 0.3 is 0 Å². The fraction of sp³-hybridized carbons (Fsp3) is 0.143. The van der Waals surface area contributed by atoms with Crippen LogP contribution in [0.2, 0.25) is 0 Å². The molecular formula is C14H12FNO. The van der Waals surface area contributed by atoms with E-state index in [0.29, 0.717) is 12.8 Å². The number of rotatable bonds is 4. The van der Waals surface area contributed by atoms with Crippen LogP contribution in [0.3, 0.4) is 0 Å². The van der Waals surface area contributed by atoms with Gasteiger partial charge in [0.05, 0.1) is 0 Å². The Labute approximate surface area is 99.1 Å². The van der Waals surface area contributed by atoms with Gasteiger partial charge in [-0.05, 0) is 30.2 Å². The Kier molecular flexibility index (Phi) is 3.60. The number of aldehydes is 1. The van der Waals surface area contributed by atoms with E-state index in [1.54, 1.807) is 18.3 Å². The lowest BCUT2D eigenvalue weighted by Gasteiger charge is -2.02. The summed E-state index contributed by atoms with van der Waals surface area (Å²) in [6, 6.07) is 10.1. The van der Waals surface area contributed by atoms with Crippen LogP contribution in [0.4, 0.5) is 4.39 Å². The van der Waals surface area contributed by atoms with Gasteiger partial charge in [0.25, 0.3) is 0 Å². The van der Waals surface area contributed by atoms with Crippen molar-refractivity contribution in [3.63, 3.8) is 0 Å². The third-order valence-corrected chi connectivity index (χ3v) is 2.52. The second kappa shape index (κ2) is 5.34. The number of aryl methyl sites for hydroxylation is 1. The minimum atomic E-state index is -0.246. The molecule has 2 rings (SSSR count). The summed E-state index contributed by atoms with van der Waals surface area (Å²) in [7, 11) is 0. The van der Waals surface area contributed by atoms with E-state index in [4.69, 9.17) is 0 Å². The summed E-state index contributed by atoms with van der Waals surface area (Å²) in [5.74, 6) is -0.246. The molecule has 0 spiro atoms. The first-order valence-corrected chi connectivity index (χ1v) is 5.44. The van der Waals surface area contributed by atoms with E-state index in [1.165, 1.54) is 12.1 Å². The number of nitrogens with zero attached hydrogens (tertiary/aromatic N) is 1. The van der Waals surface area contributed by atoms with Crippen molar-refractivity contribution in [3.05, 3.63) is 54.1 Å². The van der Waals surface area contributed by atoms with Gasteiger partial charge in [-0.25, -0.2) is 4.39 Å². The van der Waals surface area contributed by atoms with Gasteiger partial charge in [-0.15, -0.1) is 0 Å². The maximum absolute atomic E-state index is 12.8. The molecule has 0 aliphatic heterocycles. The van der Waals surface area contributed by atoms with Gasteiger partial charge in [-0.1, -0.05) is 18.2 Å². The van der Waals surface area contributed by atoms with Crippen molar-refractivity contribution in [1.29, 1.82) is 0 Å². The van der Waals surface area contributed by atoms with Crippen molar-refractivity contribution >= 4 is 6.29 Å². The molecule has 0 radical (unpaired) electrons. The number of carbonyl (C=O) groups excluding carboxylic acids is 1. The van der Waals surface area contributed by atoms with E-state index >= 15 is 0 Å². The summed E-state index contributed by atoms with van der Waals surface area (Å²) < 4.78 is 12.8. The number of benzene rings is 1. The molecule has 0 saturated carbocycles. The first-order chi connectivity index (χ1) is 8.29. The molecule has 0 bridgehead atoms. The number of carbonyl (C=O) groups is 1. The highest BCUT2D eigenvalue weighted by molar-refractivity contribution is 5.62. The topological polar surface area (TPSA) is 30.0 Å². The maximum atomic E-state index is 12.8. The van der Waals surface area contributed by atoms with Gasteiger partial charge in [0.15, 0.2) is 0 Å². The molecule has 2 nitrogen and oxygen atoms in total. The average molecular weight is 229 g/mol. The predicted octanol–water partition coefficient (Wildman–Crippen LogP) is 3.02. The Morgan fingerprint density at radius 2 is 1.76 bits per heavy atom. The van der Waals surface area contributed by atoms with Crippen molar-refractivity contribution < 1.29 is 9.18 Å². The van der Waals surface area contributed by atoms with Crippen LogP contribution < -0.4 is 0 Å². The molecule has 86 valence electrons. The van der Waals surface area contributed by atoms with Crippen LogP contribution in [-0.4, -0.2) is 11.3 Å². The van der Waals surface area contributed by atoms with Crippen LogP contribution in [0.15, 0.2) is 42.6 Å². The largest absolute Gasteiger partial charge is 0.303 e. The van der Waals surface area contributed by atoms with Gasteiger partial charge in [0, 0.05) is 23.9 Å². The summed E-state index contributed by atoms with van der Waals surface area (Å²) in [6.07, 6.45) is 3.78. The molecule has 1 heterocycles. The van der Waals surface area contributed by atoms with Gasteiger partial charge < -0.3 is 4.79 Å². The summed E-state index contributed by atoms with van der Waals surface area (Å²) in [5, 5.41) is 0. The van der Waals surface area contributed by atoms with E-state index in [1.807, 2.05) is 12.1 Å². The van der Waals surface area contributed by atoms with Crippen molar-refractivity contribution in [2.45, 2.75) is 12.8 Å². The molecule has 3 heteroatoms. The van der Waals surface area contributed by atoms with Gasteiger partial charge in [-0.3, -0.25) is 4.98 Å². The average Bonchev–Trinajstić information content (AvgIpc) is 2.38. The van der Waals surface area contributed by atoms with Crippen LogP contribution in [-0.2, 0) is 11.2 Å². The first-order valence-electron chi connectivity index (χ1n) is 5.44. The van der Waals surface area contributed by atoms with Crippen LogP contribution >= 0.6 is 0 Å². The highest BCUT2D eigenvalue weighted by Crippen LogP contribution is 2.18. The van der Waals surface area contributed by atoms with Gasteiger partial charge in [0.1, 0.15) is 12.1 Å². The number of halogens is 1. The first kappa shape index (κ1) is 11.5. The van der Waals surface area contributed by atoms with E-state index < -0.39 is 0 Å². The standard InChI is InChI=1S/C14H12FNO/c15-13-6-3-11(4-7-13)12-5-8-14(16-10-12)2-1-9-17/h3-10H,1-2H2. The Morgan fingerprint density at radius 3 is 2.35 bits per heavy atom. The molecule has 0 aliphatic rings. The quantitative estimate of drug-likeness (QED) is 0.754. The predicted molar refractivity (Wildman–Crippen MR) is 64.0 cm³/mol. The number of hydrogen-bond acceptors (Lipinski definition) is 2. The molecule has 0 amide bonds. The van der Waals surface area contributed by atoms with Crippen molar-refractivity contribution in [2.75, 3.05) is 0 Å². The lowest BCUT2D eigenvalue weighted by molar-refractivity contribution is -0.107. The minimum Gasteiger partial charge on any atom is -0.303 e. The normalized spacial score (nSPS) is 10.2. The summed E-state index contributed by atoms with van der Waals surface area (Å²) >= 11 is 0. The molecule has 0 N–H and O–H groups in total. The fourth-order valence-corrected chi connectivity index (χ4v) is 1.59. The zero-order valence-electron chi connectivity index (χ0n) is 9.27. The molecule has 17 heavy (non-hydrogen) atoms. The third kappa shape index (κ3) is 2.97. The van der Waals surface area contributed by atoms with Crippen LogP contribution in [0.5, 0.6) is 0 Å². The van der Waals surface area contributed by atoms with E-state index in [-0.39, 0.29) is 5.82 Å². The maximum Gasteiger partial charge on any atom is 0.123 e. The molecule has 0 saturated heterocycles. The van der Waals surface area contributed by atoms with Gasteiger partial charge in [-0.2, -0.15) is 0 Å². The molecule has 0 unspecified atom stereocenters. The van der Waals surface area contributed by atoms with Crippen molar-refractivity contribution in [1.82, 2.24) is 4.98 Å². The fourth-order valence-electron chi connectivity index (χ4n) is 1.59. The van der Waals surface area contributed by atoms with Crippen molar-refractivity contribution in [3.8, 4) is 11.1 Å². The summed E-state index contributed by atoms with van der Waals surface area (Å²) in [4.78, 5) is 14.5. The summed E-state index contributed by atoms with van der Waals surface area (Å²) in [5.41, 5.74) is 2.77. The molecule has 0 atom stereocenters. The van der Waals surface area contributed by atoms with E-state index in [9.17, 15) is 9.18 Å². The molecule has 2 aromatic rings. The highest BCUT2D eigenvalue weighted by atomic mass is 19.1. The third-order valence-electron chi connectivity index (χ3n) is 2.52. The molecule has 1 aromatic heterocycles. The van der Waals surface area contributed by atoms with Crippen LogP contribution in [0.25, 0.3) is 11.1 Å². The SMILES string of the molecule is O=CCCc1ccc(-c2ccc(F)cc2)cn1. The molecular weight excluding hydrogens is 217 g/mol. The Hall–Kier alpha value is -2.03. The number of aromatic nitrogens is 1. The summed E-state index contributed by atoms with van der Waals surface area (Å²) in [6.45, 7) is 0. The smallest absolute Gasteiger partial charge is 0.123 e. The monoisotopic (exact) mass is 229 g/mol. The van der Waals surface area contributed by atoms with Crippen LogP contribution in [0, 0.1) is 5.82 Å². The van der Waals surface area contributed by atoms with E-state index in [2.05, 4.69) is 4.98 Å².